The number of carboxylic acids is 1. The van der Waals surface area contributed by atoms with E-state index in [-0.39, 0.29) is 12.5 Å². The van der Waals surface area contributed by atoms with Crippen LogP contribution in [0.2, 0.25) is 0 Å². The summed E-state index contributed by atoms with van der Waals surface area (Å²) in [6, 6.07) is 11.7. The van der Waals surface area contributed by atoms with E-state index in [1.54, 1.807) is 0 Å². The highest BCUT2D eigenvalue weighted by Gasteiger charge is 2.17. The third kappa shape index (κ3) is 4.16. The smallest absolute Gasteiger partial charge is 0.304 e. The molecule has 1 N–H and O–H groups in total. The van der Waals surface area contributed by atoms with Crippen molar-refractivity contribution in [2.45, 2.75) is 32.9 Å². The van der Waals surface area contributed by atoms with Crippen LogP contribution in [0.1, 0.15) is 26.0 Å². The van der Waals surface area contributed by atoms with Crippen LogP contribution in [-0.2, 0) is 11.3 Å². The van der Waals surface area contributed by atoms with Gasteiger partial charge in [0, 0.05) is 24.2 Å². The first kappa shape index (κ1) is 15.3. The second kappa shape index (κ2) is 7.04. The molecule has 0 aliphatic rings. The molecule has 0 saturated carbocycles. The molecule has 2 rings (SSSR count). The van der Waals surface area contributed by atoms with Crippen molar-refractivity contribution in [1.29, 1.82) is 0 Å². The summed E-state index contributed by atoms with van der Waals surface area (Å²) in [5, 5.41) is 13.0. The van der Waals surface area contributed by atoms with Crippen molar-refractivity contribution in [1.82, 2.24) is 10.1 Å². The van der Waals surface area contributed by atoms with E-state index in [4.69, 9.17) is 9.63 Å². The summed E-state index contributed by atoms with van der Waals surface area (Å²) in [5.41, 5.74) is 1.80. The molecule has 2 aromatic rings. The zero-order chi connectivity index (χ0) is 15.2. The van der Waals surface area contributed by atoms with Gasteiger partial charge in [-0.15, -0.1) is 0 Å². The lowest BCUT2D eigenvalue weighted by Crippen LogP contribution is -2.34. The average Bonchev–Trinajstić information content (AvgIpc) is 2.93. The number of hydrogen-bond acceptors (Lipinski definition) is 4. The fourth-order valence-electron chi connectivity index (χ4n) is 2.29. The molecule has 1 aromatic carbocycles. The highest BCUT2D eigenvalue weighted by Crippen LogP contribution is 2.21. The Morgan fingerprint density at radius 3 is 2.71 bits per heavy atom. The predicted molar refractivity (Wildman–Crippen MR) is 79.7 cm³/mol. The number of hydrogen-bond donors (Lipinski definition) is 1. The van der Waals surface area contributed by atoms with Crippen LogP contribution in [0.4, 0.5) is 0 Å². The quantitative estimate of drug-likeness (QED) is 0.848. The zero-order valence-electron chi connectivity index (χ0n) is 12.3. The summed E-state index contributed by atoms with van der Waals surface area (Å²) in [4.78, 5) is 12.9. The number of rotatable bonds is 7. The van der Waals surface area contributed by atoms with Crippen LogP contribution in [0.15, 0.2) is 40.9 Å². The van der Waals surface area contributed by atoms with Crippen LogP contribution in [0, 0.1) is 0 Å². The van der Waals surface area contributed by atoms with Crippen molar-refractivity contribution in [3.05, 3.63) is 42.1 Å². The minimum atomic E-state index is -0.786. The van der Waals surface area contributed by atoms with Gasteiger partial charge in [-0.05, 0) is 13.5 Å². The molecule has 0 spiro atoms. The van der Waals surface area contributed by atoms with E-state index in [1.165, 1.54) is 0 Å². The van der Waals surface area contributed by atoms with E-state index in [9.17, 15) is 4.79 Å². The molecule has 0 aliphatic heterocycles. The SMILES string of the molecule is CCN(Cc1cc(-c2ccccc2)on1)C(C)CC(=O)O. The lowest BCUT2D eigenvalue weighted by Gasteiger charge is -2.25. The molecular formula is C16H20N2O3. The molecule has 1 heterocycles. The molecule has 0 fully saturated rings. The van der Waals surface area contributed by atoms with Crippen molar-refractivity contribution in [2.24, 2.45) is 0 Å². The molecule has 1 aromatic heterocycles. The van der Waals surface area contributed by atoms with Crippen LogP contribution in [0.3, 0.4) is 0 Å². The highest BCUT2D eigenvalue weighted by atomic mass is 16.5. The maximum atomic E-state index is 10.8. The fourth-order valence-corrected chi connectivity index (χ4v) is 2.29. The minimum Gasteiger partial charge on any atom is -0.481 e. The number of carboxylic acid groups (broad SMARTS) is 1. The Kier molecular flexibility index (Phi) is 5.11. The first-order valence-electron chi connectivity index (χ1n) is 7.07. The monoisotopic (exact) mass is 288 g/mol. The second-order valence-electron chi connectivity index (χ2n) is 5.06. The van der Waals surface area contributed by atoms with Gasteiger partial charge in [0.1, 0.15) is 0 Å². The summed E-state index contributed by atoms with van der Waals surface area (Å²) in [6.07, 6.45) is 0.122. The van der Waals surface area contributed by atoms with Crippen molar-refractivity contribution in [2.75, 3.05) is 6.54 Å². The van der Waals surface area contributed by atoms with Gasteiger partial charge in [0.15, 0.2) is 5.76 Å². The van der Waals surface area contributed by atoms with Crippen LogP contribution in [0.25, 0.3) is 11.3 Å². The Morgan fingerprint density at radius 2 is 2.10 bits per heavy atom. The van der Waals surface area contributed by atoms with E-state index < -0.39 is 5.97 Å². The van der Waals surface area contributed by atoms with Gasteiger partial charge >= 0.3 is 5.97 Å². The topological polar surface area (TPSA) is 66.6 Å². The Bertz CT molecular complexity index is 580. The number of carbonyl (C=O) groups is 1. The Hall–Kier alpha value is -2.14. The van der Waals surface area contributed by atoms with Crippen molar-refractivity contribution >= 4 is 5.97 Å². The van der Waals surface area contributed by atoms with E-state index in [0.717, 1.165) is 23.6 Å². The van der Waals surface area contributed by atoms with E-state index in [0.29, 0.717) is 6.54 Å². The molecule has 0 saturated heterocycles. The first-order valence-corrected chi connectivity index (χ1v) is 7.07. The molecule has 1 atom stereocenters. The molecule has 5 nitrogen and oxygen atoms in total. The highest BCUT2D eigenvalue weighted by molar-refractivity contribution is 5.67. The van der Waals surface area contributed by atoms with Crippen molar-refractivity contribution < 1.29 is 14.4 Å². The number of benzene rings is 1. The molecule has 1 unspecified atom stereocenters. The molecular weight excluding hydrogens is 268 g/mol. The average molecular weight is 288 g/mol. The molecule has 0 aliphatic carbocycles. The lowest BCUT2D eigenvalue weighted by molar-refractivity contribution is -0.138. The van der Waals surface area contributed by atoms with Crippen LogP contribution in [0.5, 0.6) is 0 Å². The largest absolute Gasteiger partial charge is 0.481 e. The molecule has 0 amide bonds. The number of nitrogens with zero attached hydrogens (tertiary/aromatic N) is 2. The Morgan fingerprint density at radius 1 is 1.38 bits per heavy atom. The van der Waals surface area contributed by atoms with Gasteiger partial charge in [0.05, 0.1) is 12.1 Å². The second-order valence-corrected chi connectivity index (χ2v) is 5.06. The molecule has 21 heavy (non-hydrogen) atoms. The molecule has 5 heteroatoms. The summed E-state index contributed by atoms with van der Waals surface area (Å²) < 4.78 is 5.36. The normalized spacial score (nSPS) is 12.5. The van der Waals surface area contributed by atoms with Gasteiger partial charge < -0.3 is 9.63 Å². The standard InChI is InChI=1S/C16H20N2O3/c1-3-18(12(2)9-16(19)20)11-14-10-15(21-17-14)13-7-5-4-6-8-13/h4-8,10,12H,3,9,11H2,1-2H3,(H,19,20). The minimum absolute atomic E-state index is 0.0376. The van der Waals surface area contributed by atoms with Crippen molar-refractivity contribution in [3.63, 3.8) is 0 Å². The lowest BCUT2D eigenvalue weighted by atomic mass is 10.1. The Balaban J connectivity index is 2.05. The van der Waals surface area contributed by atoms with E-state index in [2.05, 4.69) is 10.1 Å². The van der Waals surface area contributed by atoms with E-state index in [1.807, 2.05) is 50.2 Å². The summed E-state index contributed by atoms with van der Waals surface area (Å²) in [7, 11) is 0. The molecule has 0 bridgehead atoms. The zero-order valence-corrected chi connectivity index (χ0v) is 12.3. The van der Waals surface area contributed by atoms with Gasteiger partial charge in [-0.1, -0.05) is 42.4 Å². The van der Waals surface area contributed by atoms with Gasteiger partial charge in [0.25, 0.3) is 0 Å². The van der Waals surface area contributed by atoms with Crippen LogP contribution >= 0.6 is 0 Å². The van der Waals surface area contributed by atoms with Crippen LogP contribution < -0.4 is 0 Å². The maximum absolute atomic E-state index is 10.8. The fraction of sp³-hybridized carbons (Fsp3) is 0.375. The first-order chi connectivity index (χ1) is 10.1. The third-order valence-corrected chi connectivity index (χ3v) is 3.48. The summed E-state index contributed by atoms with van der Waals surface area (Å²) in [6.45, 7) is 5.27. The van der Waals surface area contributed by atoms with Gasteiger partial charge in [-0.25, -0.2) is 0 Å². The van der Waals surface area contributed by atoms with E-state index >= 15 is 0 Å². The molecule has 0 radical (unpaired) electrons. The Labute approximate surface area is 124 Å². The summed E-state index contributed by atoms with van der Waals surface area (Å²) >= 11 is 0. The van der Waals surface area contributed by atoms with Gasteiger partial charge in [0.2, 0.25) is 0 Å². The third-order valence-electron chi connectivity index (χ3n) is 3.48. The maximum Gasteiger partial charge on any atom is 0.304 e. The summed E-state index contributed by atoms with van der Waals surface area (Å²) in [5.74, 6) is -0.0568. The number of aromatic nitrogens is 1. The van der Waals surface area contributed by atoms with Gasteiger partial charge in [-0.2, -0.15) is 0 Å². The van der Waals surface area contributed by atoms with Crippen molar-refractivity contribution in [3.8, 4) is 11.3 Å². The van der Waals surface area contributed by atoms with Crippen LogP contribution in [-0.4, -0.2) is 33.7 Å². The molecule has 112 valence electrons. The number of aliphatic carboxylic acids is 1. The predicted octanol–water partition coefficient (Wildman–Crippen LogP) is 3.03. The van der Waals surface area contributed by atoms with Gasteiger partial charge in [-0.3, -0.25) is 9.69 Å².